The summed E-state index contributed by atoms with van der Waals surface area (Å²) in [4.78, 5) is 18.0. The van der Waals surface area contributed by atoms with Gasteiger partial charge in [-0.25, -0.2) is 0 Å². The molecule has 0 bridgehead atoms. The first-order valence-electron chi connectivity index (χ1n) is 6.75. The van der Waals surface area contributed by atoms with Gasteiger partial charge in [0, 0.05) is 37.6 Å². The molecule has 1 aliphatic rings. The van der Waals surface area contributed by atoms with E-state index in [-0.39, 0.29) is 5.91 Å². The van der Waals surface area contributed by atoms with Crippen molar-refractivity contribution in [3.63, 3.8) is 0 Å². The molecule has 0 spiro atoms. The molecule has 2 heterocycles. The summed E-state index contributed by atoms with van der Waals surface area (Å²) >= 11 is 0. The Balaban J connectivity index is 2.01. The Morgan fingerprint density at radius 1 is 1.53 bits per heavy atom. The van der Waals surface area contributed by atoms with Gasteiger partial charge < -0.3 is 15.5 Å². The Morgan fingerprint density at radius 2 is 2.32 bits per heavy atom. The summed E-state index contributed by atoms with van der Waals surface area (Å²) < 4.78 is 0. The minimum atomic E-state index is -0.152. The summed E-state index contributed by atoms with van der Waals surface area (Å²) in [6.07, 6.45) is 3.91. The molecule has 19 heavy (non-hydrogen) atoms. The van der Waals surface area contributed by atoms with Gasteiger partial charge in [-0.15, -0.1) is 0 Å². The van der Waals surface area contributed by atoms with Gasteiger partial charge >= 0.3 is 0 Å². The quantitative estimate of drug-likeness (QED) is 0.863. The zero-order valence-corrected chi connectivity index (χ0v) is 11.8. The zero-order valence-electron chi connectivity index (χ0n) is 11.8. The minimum Gasteiger partial charge on any atom is -0.382 e. The summed E-state index contributed by atoms with van der Waals surface area (Å²) in [6, 6.07) is 4.77. The average molecular weight is 262 g/mol. The van der Waals surface area contributed by atoms with Crippen LogP contribution in [0.15, 0.2) is 18.3 Å². The van der Waals surface area contributed by atoms with Crippen molar-refractivity contribution in [1.82, 2.24) is 15.2 Å². The average Bonchev–Trinajstić information content (AvgIpc) is 2.42. The predicted octanol–water partition coefficient (Wildman–Crippen LogP) is 1.34. The fourth-order valence-corrected chi connectivity index (χ4v) is 2.43. The molecule has 5 nitrogen and oxygen atoms in total. The van der Waals surface area contributed by atoms with Gasteiger partial charge in [0.05, 0.1) is 0 Å². The molecule has 1 saturated heterocycles. The number of likely N-dealkylation sites (tertiary alicyclic amines) is 1. The van der Waals surface area contributed by atoms with Crippen LogP contribution in [0.25, 0.3) is 0 Å². The number of pyridine rings is 1. The molecule has 2 rings (SSSR count). The Morgan fingerprint density at radius 3 is 3.00 bits per heavy atom. The number of nitrogens with one attached hydrogen (secondary N) is 2. The molecule has 0 saturated carbocycles. The number of carbonyl (C=O) groups is 1. The molecule has 5 heteroatoms. The van der Waals surface area contributed by atoms with E-state index < -0.39 is 0 Å². The molecule has 0 aliphatic carbocycles. The predicted molar refractivity (Wildman–Crippen MR) is 76.4 cm³/mol. The van der Waals surface area contributed by atoms with Crippen LogP contribution in [0.1, 0.15) is 30.3 Å². The summed E-state index contributed by atoms with van der Waals surface area (Å²) in [7, 11) is 3.78. The number of anilines is 1. The maximum Gasteiger partial charge on any atom is 0.269 e. The van der Waals surface area contributed by atoms with Gasteiger partial charge in [-0.3, -0.25) is 9.78 Å². The first-order valence-corrected chi connectivity index (χ1v) is 6.75. The number of hydrogen-bond acceptors (Lipinski definition) is 4. The van der Waals surface area contributed by atoms with Crippen molar-refractivity contribution in [2.45, 2.75) is 31.8 Å². The first kappa shape index (κ1) is 13.8. The third-order valence-electron chi connectivity index (χ3n) is 3.80. The van der Waals surface area contributed by atoms with Crippen LogP contribution in [0.2, 0.25) is 0 Å². The second kappa shape index (κ2) is 6.02. The summed E-state index contributed by atoms with van der Waals surface area (Å²) in [5, 5.41) is 6.09. The Kier molecular flexibility index (Phi) is 4.37. The van der Waals surface area contributed by atoms with E-state index in [2.05, 4.69) is 34.5 Å². The number of rotatable bonds is 3. The van der Waals surface area contributed by atoms with E-state index in [9.17, 15) is 4.79 Å². The van der Waals surface area contributed by atoms with E-state index in [0.717, 1.165) is 25.1 Å². The smallest absolute Gasteiger partial charge is 0.269 e. The highest BCUT2D eigenvalue weighted by atomic mass is 16.1. The van der Waals surface area contributed by atoms with Crippen LogP contribution in [-0.2, 0) is 0 Å². The third-order valence-corrected chi connectivity index (χ3v) is 3.80. The number of hydrogen-bond donors (Lipinski definition) is 2. The molecule has 2 atom stereocenters. The zero-order chi connectivity index (χ0) is 13.8. The van der Waals surface area contributed by atoms with Crippen molar-refractivity contribution in [3.05, 3.63) is 24.0 Å². The van der Waals surface area contributed by atoms with E-state index in [4.69, 9.17) is 0 Å². The maximum atomic E-state index is 11.5. The lowest BCUT2D eigenvalue weighted by molar-refractivity contribution is 0.0958. The Labute approximate surface area is 114 Å². The molecular formula is C14H22N4O. The van der Waals surface area contributed by atoms with E-state index in [0.29, 0.717) is 17.8 Å². The lowest BCUT2D eigenvalue weighted by Gasteiger charge is -2.35. The van der Waals surface area contributed by atoms with Crippen molar-refractivity contribution in [2.75, 3.05) is 26.0 Å². The van der Waals surface area contributed by atoms with E-state index in [1.807, 2.05) is 12.1 Å². The molecule has 1 aromatic heterocycles. The maximum absolute atomic E-state index is 11.5. The lowest BCUT2D eigenvalue weighted by atomic mass is 9.99. The number of piperidine rings is 1. The SMILES string of the molecule is CNC(=O)c1cc(NC2CCN(C)C(C)C2)ccn1. The van der Waals surface area contributed by atoms with E-state index >= 15 is 0 Å². The molecular weight excluding hydrogens is 240 g/mol. The van der Waals surface area contributed by atoms with Crippen molar-refractivity contribution in [2.24, 2.45) is 0 Å². The molecule has 104 valence electrons. The number of nitrogens with zero attached hydrogens (tertiary/aromatic N) is 2. The van der Waals surface area contributed by atoms with E-state index in [1.54, 1.807) is 13.2 Å². The van der Waals surface area contributed by atoms with Crippen molar-refractivity contribution >= 4 is 11.6 Å². The highest BCUT2D eigenvalue weighted by Crippen LogP contribution is 2.20. The van der Waals surface area contributed by atoms with Crippen LogP contribution >= 0.6 is 0 Å². The number of aromatic nitrogens is 1. The lowest BCUT2D eigenvalue weighted by Crippen LogP contribution is -2.42. The monoisotopic (exact) mass is 262 g/mol. The van der Waals surface area contributed by atoms with Crippen LogP contribution in [-0.4, -0.2) is 48.5 Å². The number of carbonyl (C=O) groups excluding carboxylic acids is 1. The highest BCUT2D eigenvalue weighted by Gasteiger charge is 2.22. The first-order chi connectivity index (χ1) is 9.10. The van der Waals surface area contributed by atoms with Gasteiger partial charge in [0.25, 0.3) is 5.91 Å². The van der Waals surface area contributed by atoms with Crippen molar-refractivity contribution in [3.8, 4) is 0 Å². The Bertz CT molecular complexity index is 449. The molecule has 1 fully saturated rings. The van der Waals surface area contributed by atoms with Crippen molar-refractivity contribution < 1.29 is 4.79 Å². The second-order valence-corrected chi connectivity index (χ2v) is 5.20. The molecule has 1 aromatic rings. The van der Waals surface area contributed by atoms with Gasteiger partial charge in [-0.05, 0) is 38.9 Å². The van der Waals surface area contributed by atoms with Crippen LogP contribution in [0, 0.1) is 0 Å². The molecule has 2 unspecified atom stereocenters. The topological polar surface area (TPSA) is 57.3 Å². The van der Waals surface area contributed by atoms with Gasteiger partial charge in [-0.2, -0.15) is 0 Å². The van der Waals surface area contributed by atoms with Crippen LogP contribution in [0.3, 0.4) is 0 Å². The Hall–Kier alpha value is -1.62. The van der Waals surface area contributed by atoms with E-state index in [1.165, 1.54) is 0 Å². The van der Waals surface area contributed by atoms with Crippen LogP contribution < -0.4 is 10.6 Å². The fraction of sp³-hybridized carbons (Fsp3) is 0.571. The molecule has 2 N–H and O–H groups in total. The summed E-state index contributed by atoms with van der Waals surface area (Å²) in [6.45, 7) is 3.35. The van der Waals surface area contributed by atoms with Crippen LogP contribution in [0.4, 0.5) is 5.69 Å². The minimum absolute atomic E-state index is 0.152. The van der Waals surface area contributed by atoms with Gasteiger partial charge in [0.2, 0.25) is 0 Å². The highest BCUT2D eigenvalue weighted by molar-refractivity contribution is 5.92. The third kappa shape index (κ3) is 3.44. The largest absolute Gasteiger partial charge is 0.382 e. The van der Waals surface area contributed by atoms with Crippen molar-refractivity contribution in [1.29, 1.82) is 0 Å². The molecule has 0 radical (unpaired) electrons. The fourth-order valence-electron chi connectivity index (χ4n) is 2.43. The second-order valence-electron chi connectivity index (χ2n) is 5.20. The molecule has 1 amide bonds. The standard InChI is InChI=1S/C14H22N4O/c1-10-8-12(5-7-18(10)3)17-11-4-6-16-13(9-11)14(19)15-2/h4,6,9-10,12H,5,7-8H2,1-3H3,(H,15,19)(H,16,17). The number of amides is 1. The summed E-state index contributed by atoms with van der Waals surface area (Å²) in [5.74, 6) is -0.152. The summed E-state index contributed by atoms with van der Waals surface area (Å²) in [5.41, 5.74) is 1.42. The van der Waals surface area contributed by atoms with Crippen LogP contribution in [0.5, 0.6) is 0 Å². The molecule has 1 aliphatic heterocycles. The van der Waals surface area contributed by atoms with Gasteiger partial charge in [0.15, 0.2) is 0 Å². The normalized spacial score (nSPS) is 23.9. The van der Waals surface area contributed by atoms with Gasteiger partial charge in [0.1, 0.15) is 5.69 Å². The molecule has 0 aromatic carbocycles. The van der Waals surface area contributed by atoms with Gasteiger partial charge in [-0.1, -0.05) is 0 Å².